The molecule has 0 saturated heterocycles. The van der Waals surface area contributed by atoms with E-state index in [0.29, 0.717) is 0 Å². The third kappa shape index (κ3) is 3.36. The minimum atomic E-state index is -0.922. The van der Waals surface area contributed by atoms with Crippen molar-refractivity contribution in [2.75, 3.05) is 5.32 Å². The molecular formula is C14H14BrNO2S. The Morgan fingerprint density at radius 1 is 1.37 bits per heavy atom. The first-order valence-corrected chi connectivity index (χ1v) is 7.44. The molecular weight excluding hydrogens is 326 g/mol. The van der Waals surface area contributed by atoms with Crippen molar-refractivity contribution in [3.8, 4) is 0 Å². The topological polar surface area (TPSA) is 49.3 Å². The van der Waals surface area contributed by atoms with Gasteiger partial charge >= 0.3 is 5.97 Å². The number of halogens is 1. The first-order chi connectivity index (χ1) is 8.97. The summed E-state index contributed by atoms with van der Waals surface area (Å²) in [5.41, 5.74) is 1.17. The van der Waals surface area contributed by atoms with E-state index in [2.05, 4.69) is 47.2 Å². The molecule has 0 bridgehead atoms. The number of hydrogen-bond donors (Lipinski definition) is 2. The summed E-state index contributed by atoms with van der Waals surface area (Å²) in [7, 11) is 0. The van der Waals surface area contributed by atoms with Gasteiger partial charge in [0.05, 0.1) is 11.6 Å². The normalized spacial score (nSPS) is 12.2. The van der Waals surface area contributed by atoms with Crippen molar-refractivity contribution < 1.29 is 9.90 Å². The maximum Gasteiger partial charge on any atom is 0.335 e. The number of carboxylic acids is 1. The minimum absolute atomic E-state index is 0.186. The lowest BCUT2D eigenvalue weighted by atomic mass is 10.2. The standard InChI is InChI=1S/C14H14BrNO2S/c1-8-3-6-13(19-8)9(2)16-12-5-4-10(14(17)18)7-11(12)15/h3-7,9,16H,1-2H3,(H,17,18). The van der Waals surface area contributed by atoms with Crippen molar-refractivity contribution in [2.24, 2.45) is 0 Å². The first kappa shape index (κ1) is 14.1. The predicted molar refractivity (Wildman–Crippen MR) is 82.2 cm³/mol. The molecule has 2 aromatic rings. The number of carboxylic acid groups (broad SMARTS) is 1. The van der Waals surface area contributed by atoms with Crippen LogP contribution in [-0.4, -0.2) is 11.1 Å². The van der Waals surface area contributed by atoms with Crippen LogP contribution < -0.4 is 5.32 Å². The van der Waals surface area contributed by atoms with Crippen molar-refractivity contribution in [2.45, 2.75) is 19.9 Å². The van der Waals surface area contributed by atoms with Crippen molar-refractivity contribution in [3.05, 3.63) is 50.1 Å². The van der Waals surface area contributed by atoms with Crippen LogP contribution in [0, 0.1) is 6.92 Å². The fraction of sp³-hybridized carbons (Fsp3) is 0.214. The highest BCUT2D eigenvalue weighted by atomic mass is 79.9. The molecule has 3 nitrogen and oxygen atoms in total. The summed E-state index contributed by atoms with van der Waals surface area (Å²) in [6.07, 6.45) is 0. The first-order valence-electron chi connectivity index (χ1n) is 5.83. The van der Waals surface area contributed by atoms with E-state index < -0.39 is 5.97 Å². The van der Waals surface area contributed by atoms with Gasteiger partial charge in [0.25, 0.3) is 0 Å². The van der Waals surface area contributed by atoms with Gasteiger partial charge in [0.15, 0.2) is 0 Å². The number of aryl methyl sites for hydroxylation is 1. The molecule has 0 radical (unpaired) electrons. The molecule has 0 fully saturated rings. The minimum Gasteiger partial charge on any atom is -0.478 e. The summed E-state index contributed by atoms with van der Waals surface area (Å²) in [5, 5.41) is 12.3. The summed E-state index contributed by atoms with van der Waals surface area (Å²) in [6.45, 7) is 4.17. The SMILES string of the molecule is Cc1ccc(C(C)Nc2ccc(C(=O)O)cc2Br)s1. The van der Waals surface area contributed by atoms with Crippen LogP contribution in [0.5, 0.6) is 0 Å². The van der Waals surface area contributed by atoms with E-state index in [1.807, 2.05) is 0 Å². The molecule has 1 atom stereocenters. The molecule has 0 spiro atoms. The van der Waals surface area contributed by atoms with E-state index in [9.17, 15) is 4.79 Å². The summed E-state index contributed by atoms with van der Waals surface area (Å²) in [6, 6.07) is 9.38. The average molecular weight is 340 g/mol. The smallest absolute Gasteiger partial charge is 0.335 e. The van der Waals surface area contributed by atoms with Crippen LogP contribution in [0.2, 0.25) is 0 Å². The van der Waals surface area contributed by atoms with E-state index in [4.69, 9.17) is 5.11 Å². The van der Waals surface area contributed by atoms with Gasteiger partial charge in [-0.2, -0.15) is 0 Å². The zero-order chi connectivity index (χ0) is 14.0. The van der Waals surface area contributed by atoms with E-state index in [-0.39, 0.29) is 11.6 Å². The molecule has 100 valence electrons. The summed E-state index contributed by atoms with van der Waals surface area (Å²) in [5.74, 6) is -0.922. The van der Waals surface area contributed by atoms with Crippen LogP contribution in [0.4, 0.5) is 5.69 Å². The van der Waals surface area contributed by atoms with E-state index in [1.165, 1.54) is 9.75 Å². The largest absolute Gasteiger partial charge is 0.478 e. The van der Waals surface area contributed by atoms with Gasteiger partial charge in [0, 0.05) is 19.9 Å². The van der Waals surface area contributed by atoms with E-state index >= 15 is 0 Å². The molecule has 0 aliphatic carbocycles. The number of thiophene rings is 1. The van der Waals surface area contributed by atoms with E-state index in [0.717, 1.165) is 10.2 Å². The Labute approximate surface area is 124 Å². The Morgan fingerprint density at radius 3 is 2.63 bits per heavy atom. The average Bonchev–Trinajstić information content (AvgIpc) is 2.78. The Bertz CT molecular complexity index is 609. The number of aromatic carboxylic acids is 1. The van der Waals surface area contributed by atoms with Crippen LogP contribution >= 0.6 is 27.3 Å². The van der Waals surface area contributed by atoms with Gasteiger partial charge in [0.2, 0.25) is 0 Å². The number of anilines is 1. The molecule has 5 heteroatoms. The van der Waals surface area contributed by atoms with Gasteiger partial charge in [-0.25, -0.2) is 4.79 Å². The fourth-order valence-electron chi connectivity index (χ4n) is 1.76. The lowest BCUT2D eigenvalue weighted by Crippen LogP contribution is -2.06. The lowest BCUT2D eigenvalue weighted by Gasteiger charge is -2.15. The van der Waals surface area contributed by atoms with Crippen LogP contribution in [-0.2, 0) is 0 Å². The van der Waals surface area contributed by atoms with E-state index in [1.54, 1.807) is 29.5 Å². The highest BCUT2D eigenvalue weighted by molar-refractivity contribution is 9.10. The zero-order valence-electron chi connectivity index (χ0n) is 10.6. The number of carbonyl (C=O) groups is 1. The Morgan fingerprint density at radius 2 is 2.11 bits per heavy atom. The quantitative estimate of drug-likeness (QED) is 0.849. The van der Waals surface area contributed by atoms with Gasteiger partial charge in [-0.1, -0.05) is 0 Å². The van der Waals surface area contributed by atoms with Gasteiger partial charge < -0.3 is 10.4 Å². The van der Waals surface area contributed by atoms with Crippen molar-refractivity contribution in [1.29, 1.82) is 0 Å². The van der Waals surface area contributed by atoms with Crippen LogP contribution in [0.25, 0.3) is 0 Å². The molecule has 19 heavy (non-hydrogen) atoms. The predicted octanol–water partition coefficient (Wildman–Crippen LogP) is 4.69. The number of hydrogen-bond acceptors (Lipinski definition) is 3. The molecule has 0 aliphatic rings. The molecule has 1 heterocycles. The maximum absolute atomic E-state index is 10.9. The van der Waals surface area contributed by atoms with Crippen molar-refractivity contribution in [1.82, 2.24) is 0 Å². The Hall–Kier alpha value is -1.33. The van der Waals surface area contributed by atoms with Gasteiger partial charge in [0.1, 0.15) is 0 Å². The molecule has 2 rings (SSSR count). The molecule has 0 saturated carbocycles. The second-order valence-corrected chi connectivity index (χ2v) is 6.49. The second-order valence-electron chi connectivity index (χ2n) is 4.31. The molecule has 1 aromatic carbocycles. The Kier molecular flexibility index (Phi) is 4.27. The fourth-order valence-corrected chi connectivity index (χ4v) is 3.13. The molecule has 0 aliphatic heterocycles. The zero-order valence-corrected chi connectivity index (χ0v) is 13.0. The maximum atomic E-state index is 10.9. The highest BCUT2D eigenvalue weighted by Crippen LogP contribution is 2.30. The van der Waals surface area contributed by atoms with Crippen LogP contribution in [0.3, 0.4) is 0 Å². The van der Waals surface area contributed by atoms with Crippen molar-refractivity contribution >= 4 is 38.9 Å². The number of nitrogens with one attached hydrogen (secondary N) is 1. The van der Waals surface area contributed by atoms with Gasteiger partial charge in [-0.15, -0.1) is 11.3 Å². The number of rotatable bonds is 4. The lowest BCUT2D eigenvalue weighted by molar-refractivity contribution is 0.0697. The van der Waals surface area contributed by atoms with Gasteiger partial charge in [-0.3, -0.25) is 0 Å². The third-order valence-electron chi connectivity index (χ3n) is 2.78. The van der Waals surface area contributed by atoms with Gasteiger partial charge in [-0.05, 0) is 60.1 Å². The van der Waals surface area contributed by atoms with Crippen molar-refractivity contribution in [3.63, 3.8) is 0 Å². The third-order valence-corrected chi connectivity index (χ3v) is 4.62. The second kappa shape index (κ2) is 5.75. The number of benzene rings is 1. The summed E-state index contributed by atoms with van der Waals surface area (Å²) >= 11 is 5.16. The summed E-state index contributed by atoms with van der Waals surface area (Å²) in [4.78, 5) is 13.4. The molecule has 0 amide bonds. The molecule has 1 unspecified atom stereocenters. The van der Waals surface area contributed by atoms with Crippen LogP contribution in [0.1, 0.15) is 33.1 Å². The molecule has 1 aromatic heterocycles. The summed E-state index contributed by atoms with van der Waals surface area (Å²) < 4.78 is 0.757. The molecule has 2 N–H and O–H groups in total. The monoisotopic (exact) mass is 339 g/mol. The van der Waals surface area contributed by atoms with Crippen LogP contribution in [0.15, 0.2) is 34.8 Å². The highest BCUT2D eigenvalue weighted by Gasteiger charge is 2.11. The Balaban J connectivity index is 2.17.